The molecule has 1 radical (unpaired) electrons. The summed E-state index contributed by atoms with van der Waals surface area (Å²) in [6.07, 6.45) is 0.418. The Hall–Kier alpha value is -0.263. The minimum Gasteiger partial charge on any atom is -0.247 e. The summed E-state index contributed by atoms with van der Waals surface area (Å²) in [7, 11) is 0. The molecule has 0 N–H and O–H groups in total. The summed E-state index contributed by atoms with van der Waals surface area (Å²) >= 11 is 0. The molecule has 0 amide bonds. The maximum absolute atomic E-state index is 2.52. The van der Waals surface area contributed by atoms with Crippen LogP contribution in [0.3, 0.4) is 0 Å². The monoisotopic (exact) mass is 241 g/mol. The van der Waals surface area contributed by atoms with E-state index in [2.05, 4.69) is 67.8 Å². The van der Waals surface area contributed by atoms with Crippen molar-refractivity contribution in [2.45, 2.75) is 33.9 Å². The third kappa shape index (κ3) is 4.44. The molecule has 1 aromatic rings. The Kier molecular flexibility index (Phi) is 9.50. The maximum atomic E-state index is 2.52. The zero-order valence-electron chi connectivity index (χ0n) is 12.7. The SMILES string of the molecule is CCN(CC)C(c1ccccc1)[N+](CC)CC.[Li+]. The van der Waals surface area contributed by atoms with Crippen molar-refractivity contribution in [2.75, 3.05) is 26.2 Å². The van der Waals surface area contributed by atoms with E-state index in [1.165, 1.54) is 5.56 Å². The first-order valence-corrected chi connectivity index (χ1v) is 6.81. The van der Waals surface area contributed by atoms with Gasteiger partial charge in [-0.1, -0.05) is 44.2 Å². The molecule has 18 heavy (non-hydrogen) atoms. The van der Waals surface area contributed by atoms with E-state index in [9.17, 15) is 0 Å². The molecule has 0 unspecified atom stereocenters. The molecule has 0 aliphatic rings. The molecule has 0 aromatic heterocycles. The van der Waals surface area contributed by atoms with Gasteiger partial charge in [-0.05, 0) is 13.8 Å². The van der Waals surface area contributed by atoms with Crippen LogP contribution in [0.1, 0.15) is 39.4 Å². The van der Waals surface area contributed by atoms with Crippen LogP contribution in [0, 0.1) is 0 Å². The van der Waals surface area contributed by atoms with Crippen molar-refractivity contribution >= 4 is 0 Å². The molecule has 2 nitrogen and oxygen atoms in total. The van der Waals surface area contributed by atoms with Crippen molar-refractivity contribution in [3.8, 4) is 0 Å². The number of rotatable bonds is 7. The van der Waals surface area contributed by atoms with Crippen LogP contribution in [0.15, 0.2) is 30.3 Å². The molecule has 3 heteroatoms. The van der Waals surface area contributed by atoms with Crippen LogP contribution in [0.25, 0.3) is 0 Å². The zero-order valence-corrected chi connectivity index (χ0v) is 12.7. The maximum Gasteiger partial charge on any atom is 1.00 e. The van der Waals surface area contributed by atoms with Crippen molar-refractivity contribution in [2.24, 2.45) is 0 Å². The van der Waals surface area contributed by atoms with Crippen molar-refractivity contribution in [3.63, 3.8) is 0 Å². The van der Waals surface area contributed by atoms with Crippen LogP contribution in [0.4, 0.5) is 0 Å². The van der Waals surface area contributed by atoms with Crippen LogP contribution in [-0.2, 0) is 0 Å². The molecule has 0 spiro atoms. The van der Waals surface area contributed by atoms with E-state index in [1.54, 1.807) is 0 Å². The average Bonchev–Trinajstić information content (AvgIpc) is 2.40. The normalized spacial score (nSPS) is 12.6. The van der Waals surface area contributed by atoms with Crippen LogP contribution in [-0.4, -0.2) is 31.1 Å². The Labute approximate surface area is 125 Å². The first kappa shape index (κ1) is 17.7. The molecular weight excluding hydrogens is 215 g/mol. The molecule has 0 saturated carbocycles. The van der Waals surface area contributed by atoms with E-state index in [-0.39, 0.29) is 18.9 Å². The van der Waals surface area contributed by atoms with E-state index in [1.807, 2.05) is 0 Å². The van der Waals surface area contributed by atoms with Gasteiger partial charge in [0, 0.05) is 18.7 Å². The minimum absolute atomic E-state index is 0. The van der Waals surface area contributed by atoms with Gasteiger partial charge in [0.25, 0.3) is 0 Å². The van der Waals surface area contributed by atoms with Crippen LogP contribution >= 0.6 is 0 Å². The molecular formula is C15H26LiN2+2. The van der Waals surface area contributed by atoms with Crippen molar-refractivity contribution in [1.29, 1.82) is 0 Å². The number of hydrogen-bond acceptors (Lipinski definition) is 2. The molecule has 0 atom stereocenters. The van der Waals surface area contributed by atoms with Crippen LogP contribution < -0.4 is 23.8 Å². The minimum atomic E-state index is 0. The molecule has 0 heterocycles. The summed E-state index contributed by atoms with van der Waals surface area (Å²) in [6.45, 7) is 13.3. The van der Waals surface area contributed by atoms with E-state index < -0.39 is 0 Å². The van der Waals surface area contributed by atoms with E-state index in [0.29, 0.717) is 6.17 Å². The van der Waals surface area contributed by atoms with Gasteiger partial charge in [-0.2, -0.15) is 4.90 Å². The molecule has 1 aromatic carbocycles. The van der Waals surface area contributed by atoms with E-state index in [4.69, 9.17) is 0 Å². The zero-order chi connectivity index (χ0) is 12.7. The third-order valence-corrected chi connectivity index (χ3v) is 3.41. The Morgan fingerprint density at radius 2 is 1.44 bits per heavy atom. The summed E-state index contributed by atoms with van der Waals surface area (Å²) in [4.78, 5) is 5.03. The van der Waals surface area contributed by atoms with Gasteiger partial charge in [0.1, 0.15) is 13.1 Å². The fourth-order valence-corrected chi connectivity index (χ4v) is 2.42. The van der Waals surface area contributed by atoms with Crippen molar-refractivity contribution in [1.82, 2.24) is 9.80 Å². The van der Waals surface area contributed by atoms with Crippen LogP contribution in [0.5, 0.6) is 0 Å². The first-order valence-electron chi connectivity index (χ1n) is 6.81. The first-order chi connectivity index (χ1) is 8.28. The van der Waals surface area contributed by atoms with Crippen molar-refractivity contribution in [3.05, 3.63) is 35.9 Å². The summed E-state index contributed by atoms with van der Waals surface area (Å²) in [5.74, 6) is 0. The number of nitrogens with zero attached hydrogens (tertiary/aromatic N) is 2. The molecule has 0 aliphatic heterocycles. The van der Waals surface area contributed by atoms with Crippen molar-refractivity contribution < 1.29 is 18.9 Å². The Morgan fingerprint density at radius 1 is 0.944 bits per heavy atom. The van der Waals surface area contributed by atoms with Gasteiger partial charge >= 0.3 is 18.9 Å². The largest absolute Gasteiger partial charge is 1.00 e. The number of hydrogen-bond donors (Lipinski definition) is 0. The Bertz CT molecular complexity index is 283. The molecule has 0 fully saturated rings. The quantitative estimate of drug-likeness (QED) is 0.377. The fraction of sp³-hybridized carbons (Fsp3) is 0.600. The summed E-state index contributed by atoms with van der Waals surface area (Å²) < 4.78 is 0. The third-order valence-electron chi connectivity index (χ3n) is 3.41. The predicted octanol–water partition coefficient (Wildman–Crippen LogP) is 0.211. The molecule has 95 valence electrons. The summed E-state index contributed by atoms with van der Waals surface area (Å²) in [5.41, 5.74) is 1.40. The van der Waals surface area contributed by atoms with Gasteiger partial charge in [-0.15, -0.1) is 0 Å². The second-order valence-corrected chi connectivity index (χ2v) is 4.23. The van der Waals surface area contributed by atoms with Gasteiger partial charge < -0.3 is 0 Å². The Balaban J connectivity index is 0.00000289. The van der Waals surface area contributed by atoms with Gasteiger partial charge in [0.05, 0.1) is 0 Å². The van der Waals surface area contributed by atoms with Gasteiger partial charge in [0.15, 0.2) is 0 Å². The smallest absolute Gasteiger partial charge is 0.247 e. The van der Waals surface area contributed by atoms with Gasteiger partial charge in [0.2, 0.25) is 6.17 Å². The molecule has 1 rings (SSSR count). The average molecular weight is 241 g/mol. The summed E-state index contributed by atoms with van der Waals surface area (Å²) in [6, 6.07) is 10.8. The predicted molar refractivity (Wildman–Crippen MR) is 75.3 cm³/mol. The van der Waals surface area contributed by atoms with Crippen LogP contribution in [0.2, 0.25) is 0 Å². The van der Waals surface area contributed by atoms with E-state index >= 15 is 0 Å². The fourth-order valence-electron chi connectivity index (χ4n) is 2.42. The van der Waals surface area contributed by atoms with Gasteiger partial charge in [-0.3, -0.25) is 0 Å². The second-order valence-electron chi connectivity index (χ2n) is 4.23. The second kappa shape index (κ2) is 9.64. The molecule has 0 aliphatic carbocycles. The summed E-state index contributed by atoms with van der Waals surface area (Å²) in [5, 5.41) is 0. The Morgan fingerprint density at radius 3 is 1.83 bits per heavy atom. The molecule has 0 saturated heterocycles. The van der Waals surface area contributed by atoms with E-state index in [0.717, 1.165) is 26.2 Å². The number of benzene rings is 1. The van der Waals surface area contributed by atoms with Gasteiger partial charge in [-0.25, -0.2) is 4.90 Å². The standard InChI is InChI=1S/C15H26N2.Li/c1-5-16(6-2)15(17(7-3)8-4)14-12-10-9-11-13-14;/h9-13,15H,5-8H2,1-4H3;/q2*+1. The molecule has 0 bridgehead atoms. The topological polar surface area (TPSA) is 9.14 Å².